The van der Waals surface area contributed by atoms with E-state index < -0.39 is 0 Å². The van der Waals surface area contributed by atoms with Crippen molar-refractivity contribution in [3.8, 4) is 0 Å². The van der Waals surface area contributed by atoms with Gasteiger partial charge in [0.05, 0.1) is 0 Å². The van der Waals surface area contributed by atoms with Gasteiger partial charge in [-0.2, -0.15) is 0 Å². The van der Waals surface area contributed by atoms with Crippen LogP contribution in [0.3, 0.4) is 0 Å². The van der Waals surface area contributed by atoms with E-state index >= 15 is 0 Å². The summed E-state index contributed by atoms with van der Waals surface area (Å²) in [7, 11) is 2.27. The van der Waals surface area contributed by atoms with Gasteiger partial charge in [0.1, 0.15) is 0 Å². The lowest BCUT2D eigenvalue weighted by atomic mass is 9.65. The van der Waals surface area contributed by atoms with Crippen LogP contribution in [0.15, 0.2) is 11.1 Å². The molecule has 0 amide bonds. The van der Waals surface area contributed by atoms with Crippen LogP contribution in [0.4, 0.5) is 0 Å². The Kier molecular flexibility index (Phi) is 4.08. The third-order valence-corrected chi connectivity index (χ3v) is 4.76. The molecule has 0 N–H and O–H groups in total. The van der Waals surface area contributed by atoms with E-state index in [-0.39, 0.29) is 10.8 Å². The van der Waals surface area contributed by atoms with Gasteiger partial charge in [-0.25, -0.2) is 0 Å². The van der Waals surface area contributed by atoms with Crippen LogP contribution >= 0.6 is 0 Å². The lowest BCUT2D eigenvalue weighted by molar-refractivity contribution is 0.129. The van der Waals surface area contributed by atoms with E-state index in [1.54, 1.807) is 11.1 Å². The average Bonchev–Trinajstić information content (AvgIpc) is 2.16. The lowest BCUT2D eigenvalue weighted by Crippen LogP contribution is -2.50. The lowest BCUT2D eigenvalue weighted by Gasteiger charge is -2.50. The van der Waals surface area contributed by atoms with Crippen molar-refractivity contribution < 1.29 is 0 Å². The summed E-state index contributed by atoms with van der Waals surface area (Å²) in [5, 5.41) is 0. The van der Waals surface area contributed by atoms with Gasteiger partial charge in [0.25, 0.3) is 0 Å². The fourth-order valence-corrected chi connectivity index (χ4v) is 3.74. The quantitative estimate of drug-likeness (QED) is 0.562. The van der Waals surface area contributed by atoms with Crippen LogP contribution in [-0.4, -0.2) is 24.0 Å². The second-order valence-corrected chi connectivity index (χ2v) is 8.20. The normalized spacial score (nSPS) is 32.0. The molecule has 1 nitrogen and oxygen atoms in total. The van der Waals surface area contributed by atoms with E-state index in [9.17, 15) is 0 Å². The first-order valence-corrected chi connectivity index (χ1v) is 7.36. The predicted octanol–water partition coefficient (Wildman–Crippen LogP) is 4.73. The largest absolute Gasteiger partial charge is 0.297 e. The summed E-state index contributed by atoms with van der Waals surface area (Å²) in [5.41, 5.74) is 3.87. The van der Waals surface area contributed by atoms with Gasteiger partial charge in [-0.3, -0.25) is 4.90 Å². The van der Waals surface area contributed by atoms with Gasteiger partial charge in [-0.1, -0.05) is 54.0 Å². The molecule has 3 unspecified atom stereocenters. The second-order valence-electron chi connectivity index (χ2n) is 8.20. The maximum absolute atomic E-state index is 2.54. The fourth-order valence-electron chi connectivity index (χ4n) is 3.74. The molecule has 0 spiro atoms. The minimum atomic E-state index is 0.255. The maximum Gasteiger partial charge on any atom is 0.0287 e. The Morgan fingerprint density at radius 3 is 1.50 bits per heavy atom. The van der Waals surface area contributed by atoms with Crippen LogP contribution in [0.5, 0.6) is 0 Å². The standard InChI is InChI=1S/C17H33N/c1-11-12(2)18(10)13(3)15(17(7,8)9)14(11)16(4,5)6/h11-13H,1-10H3. The molecule has 0 aliphatic carbocycles. The summed E-state index contributed by atoms with van der Waals surface area (Å²) in [6.07, 6.45) is 0. The summed E-state index contributed by atoms with van der Waals surface area (Å²) in [6, 6.07) is 1.17. The monoisotopic (exact) mass is 251 g/mol. The molecule has 0 aromatic rings. The first-order chi connectivity index (χ1) is 7.89. The van der Waals surface area contributed by atoms with Crippen molar-refractivity contribution in [2.45, 2.75) is 74.4 Å². The van der Waals surface area contributed by atoms with E-state index in [2.05, 4.69) is 74.3 Å². The molecule has 1 heterocycles. The highest BCUT2D eigenvalue weighted by atomic mass is 15.2. The Bertz CT molecular complexity index is 304. The molecular formula is C17H33N. The van der Waals surface area contributed by atoms with Gasteiger partial charge in [-0.05, 0) is 43.2 Å². The number of likely N-dealkylation sites (N-methyl/N-ethyl adjacent to an activating group) is 1. The van der Waals surface area contributed by atoms with Crippen molar-refractivity contribution in [1.82, 2.24) is 4.90 Å². The molecule has 0 bridgehead atoms. The molecule has 18 heavy (non-hydrogen) atoms. The molecule has 0 aromatic heterocycles. The van der Waals surface area contributed by atoms with Crippen molar-refractivity contribution >= 4 is 0 Å². The van der Waals surface area contributed by atoms with E-state index in [4.69, 9.17) is 0 Å². The Labute approximate surface area is 115 Å². The number of hydrogen-bond acceptors (Lipinski definition) is 1. The summed E-state index contributed by atoms with van der Waals surface area (Å²) in [4.78, 5) is 2.54. The molecule has 1 heteroatoms. The van der Waals surface area contributed by atoms with Gasteiger partial charge in [0.15, 0.2) is 0 Å². The van der Waals surface area contributed by atoms with Crippen molar-refractivity contribution in [2.75, 3.05) is 7.05 Å². The van der Waals surface area contributed by atoms with Gasteiger partial charge in [0.2, 0.25) is 0 Å². The fraction of sp³-hybridized carbons (Fsp3) is 0.882. The first-order valence-electron chi connectivity index (χ1n) is 7.36. The van der Waals surface area contributed by atoms with E-state index in [0.29, 0.717) is 18.0 Å². The number of rotatable bonds is 0. The van der Waals surface area contributed by atoms with Crippen LogP contribution in [0.1, 0.15) is 62.3 Å². The smallest absolute Gasteiger partial charge is 0.0287 e. The van der Waals surface area contributed by atoms with Gasteiger partial charge < -0.3 is 0 Å². The van der Waals surface area contributed by atoms with Crippen molar-refractivity contribution in [2.24, 2.45) is 16.7 Å². The molecule has 106 valence electrons. The van der Waals surface area contributed by atoms with E-state index in [1.165, 1.54) is 0 Å². The van der Waals surface area contributed by atoms with Crippen LogP contribution in [0.2, 0.25) is 0 Å². The highest BCUT2D eigenvalue weighted by molar-refractivity contribution is 5.34. The summed E-state index contributed by atoms with van der Waals surface area (Å²) >= 11 is 0. The first kappa shape index (κ1) is 15.8. The molecular weight excluding hydrogens is 218 g/mol. The Hall–Kier alpha value is -0.300. The van der Waals surface area contributed by atoms with Crippen molar-refractivity contribution in [1.29, 1.82) is 0 Å². The number of hydrogen-bond donors (Lipinski definition) is 0. The molecule has 0 saturated heterocycles. The minimum Gasteiger partial charge on any atom is -0.297 e. The van der Waals surface area contributed by atoms with Crippen molar-refractivity contribution in [3.05, 3.63) is 11.1 Å². The SMILES string of the molecule is CC1C(C(C)(C)C)=C(C(C)(C)C)C(C)N(C)C1C. The van der Waals surface area contributed by atoms with Crippen LogP contribution in [0, 0.1) is 16.7 Å². The molecule has 0 radical (unpaired) electrons. The van der Waals surface area contributed by atoms with Crippen molar-refractivity contribution in [3.63, 3.8) is 0 Å². The highest BCUT2D eigenvalue weighted by Gasteiger charge is 2.41. The van der Waals surface area contributed by atoms with Gasteiger partial charge >= 0.3 is 0 Å². The van der Waals surface area contributed by atoms with Gasteiger partial charge in [-0.15, -0.1) is 0 Å². The summed E-state index contributed by atoms with van der Waals surface area (Å²) in [6.45, 7) is 21.3. The molecule has 1 aliphatic heterocycles. The predicted molar refractivity (Wildman–Crippen MR) is 81.8 cm³/mol. The van der Waals surface area contributed by atoms with Crippen LogP contribution in [-0.2, 0) is 0 Å². The topological polar surface area (TPSA) is 3.24 Å². The molecule has 1 rings (SSSR count). The van der Waals surface area contributed by atoms with Crippen LogP contribution < -0.4 is 0 Å². The summed E-state index contributed by atoms with van der Waals surface area (Å²) in [5.74, 6) is 0.639. The zero-order valence-corrected chi connectivity index (χ0v) is 14.2. The zero-order chi connectivity index (χ0) is 14.5. The van der Waals surface area contributed by atoms with Gasteiger partial charge in [0, 0.05) is 12.1 Å². The zero-order valence-electron chi connectivity index (χ0n) is 14.2. The maximum atomic E-state index is 2.54. The Morgan fingerprint density at radius 2 is 1.17 bits per heavy atom. The third-order valence-electron chi connectivity index (χ3n) is 4.76. The van der Waals surface area contributed by atoms with E-state index in [0.717, 1.165) is 0 Å². The Morgan fingerprint density at radius 1 is 0.778 bits per heavy atom. The summed E-state index contributed by atoms with van der Waals surface area (Å²) < 4.78 is 0. The molecule has 0 aromatic carbocycles. The number of nitrogens with zero attached hydrogens (tertiary/aromatic N) is 1. The van der Waals surface area contributed by atoms with Crippen LogP contribution in [0.25, 0.3) is 0 Å². The van der Waals surface area contributed by atoms with E-state index in [1.807, 2.05) is 0 Å². The molecule has 3 atom stereocenters. The second kappa shape index (κ2) is 4.67. The molecule has 0 saturated carbocycles. The minimum absolute atomic E-state index is 0.255. The highest BCUT2D eigenvalue weighted by Crippen LogP contribution is 2.47. The molecule has 0 fully saturated rings. The Balaban J connectivity index is 3.51. The average molecular weight is 251 g/mol. The third kappa shape index (κ3) is 2.66. The molecule has 1 aliphatic rings.